The molecule has 0 saturated carbocycles. The van der Waals surface area contributed by atoms with Crippen molar-refractivity contribution in [1.29, 1.82) is 0 Å². The van der Waals surface area contributed by atoms with Crippen LogP contribution in [0.1, 0.15) is 34.3 Å². The molecule has 4 heterocycles. The largest absolute Gasteiger partial charge is 0.274 e. The third kappa shape index (κ3) is 3.64. The van der Waals surface area contributed by atoms with Crippen LogP contribution in [0, 0.1) is 25.7 Å². The Morgan fingerprint density at radius 1 is 0.432 bits per heavy atom. The number of anilines is 2. The summed E-state index contributed by atoms with van der Waals surface area (Å²) in [7, 11) is 0. The number of benzene rings is 4. The van der Waals surface area contributed by atoms with Gasteiger partial charge in [0.05, 0.1) is 35.3 Å². The van der Waals surface area contributed by atoms with Gasteiger partial charge in [0.1, 0.15) is 12.1 Å². The van der Waals surface area contributed by atoms with Crippen LogP contribution >= 0.6 is 0 Å². The Hall–Kier alpha value is -4.92. The van der Waals surface area contributed by atoms with Crippen molar-refractivity contribution in [2.75, 3.05) is 9.80 Å². The van der Waals surface area contributed by atoms with E-state index in [-0.39, 0.29) is 23.6 Å². The van der Waals surface area contributed by atoms with E-state index in [1.165, 1.54) is 9.80 Å². The Morgan fingerprint density at radius 2 is 0.818 bits per heavy atom. The van der Waals surface area contributed by atoms with Crippen molar-refractivity contribution in [3.05, 3.63) is 131 Å². The molecule has 4 amide bonds. The first-order chi connectivity index (χ1) is 21.4. The number of hydrazine groups is 1. The van der Waals surface area contributed by atoms with E-state index in [1.807, 2.05) is 121 Å². The number of rotatable bonds is 4. The number of fused-ring (bicyclic) bond motifs is 5. The summed E-state index contributed by atoms with van der Waals surface area (Å²) >= 11 is 0. The molecular weight excluding hydrogens is 552 g/mol. The molecule has 4 fully saturated rings. The van der Waals surface area contributed by atoms with Crippen molar-refractivity contribution in [3.8, 4) is 0 Å². The summed E-state index contributed by atoms with van der Waals surface area (Å²) in [5.74, 6) is -2.83. The molecule has 0 aliphatic carbocycles. The molecular formula is C36H30N4O4. The van der Waals surface area contributed by atoms with E-state index in [0.717, 1.165) is 22.3 Å². The topological polar surface area (TPSA) is 81.2 Å². The minimum atomic E-state index is -0.878. The van der Waals surface area contributed by atoms with Crippen LogP contribution in [-0.4, -0.2) is 45.7 Å². The Balaban J connectivity index is 1.33. The van der Waals surface area contributed by atoms with Crippen LogP contribution in [0.25, 0.3) is 0 Å². The van der Waals surface area contributed by atoms with Gasteiger partial charge in [0.25, 0.3) is 11.8 Å². The predicted octanol–water partition coefficient (Wildman–Crippen LogP) is 4.75. The highest BCUT2D eigenvalue weighted by Crippen LogP contribution is 2.59. The highest BCUT2D eigenvalue weighted by atomic mass is 16.2. The lowest BCUT2D eigenvalue weighted by atomic mass is 9.84. The molecule has 4 saturated heterocycles. The second-order valence-corrected chi connectivity index (χ2v) is 12.1. The fourth-order valence-corrected chi connectivity index (χ4v) is 7.84. The lowest BCUT2D eigenvalue weighted by Gasteiger charge is -2.35. The van der Waals surface area contributed by atoms with Crippen molar-refractivity contribution in [2.24, 2.45) is 11.8 Å². The molecule has 4 aromatic rings. The van der Waals surface area contributed by atoms with Gasteiger partial charge in [-0.05, 0) is 60.4 Å². The minimum Gasteiger partial charge on any atom is -0.274 e. The van der Waals surface area contributed by atoms with Gasteiger partial charge in [-0.15, -0.1) is 0 Å². The van der Waals surface area contributed by atoms with E-state index in [4.69, 9.17) is 0 Å². The Labute approximate surface area is 255 Å². The molecule has 8 rings (SSSR count). The maximum absolute atomic E-state index is 14.5. The molecule has 0 spiro atoms. The number of aryl methyl sites for hydroxylation is 2. The Bertz CT molecular complexity index is 1710. The summed E-state index contributed by atoms with van der Waals surface area (Å²) < 4.78 is 0. The van der Waals surface area contributed by atoms with Gasteiger partial charge in [-0.1, -0.05) is 84.9 Å². The van der Waals surface area contributed by atoms with Crippen molar-refractivity contribution < 1.29 is 19.2 Å². The zero-order valence-electron chi connectivity index (χ0n) is 24.3. The van der Waals surface area contributed by atoms with Crippen LogP contribution in [0.5, 0.6) is 0 Å². The molecule has 4 aliphatic rings. The summed E-state index contributed by atoms with van der Waals surface area (Å²) in [5, 5.41) is 3.82. The van der Waals surface area contributed by atoms with Crippen LogP contribution < -0.4 is 9.80 Å². The fraction of sp³-hybridized carbons (Fsp3) is 0.222. The van der Waals surface area contributed by atoms with Crippen molar-refractivity contribution >= 4 is 35.0 Å². The fourth-order valence-electron chi connectivity index (χ4n) is 7.84. The van der Waals surface area contributed by atoms with E-state index in [2.05, 4.69) is 0 Å². The highest BCUT2D eigenvalue weighted by molar-refractivity contribution is 6.26. The number of imide groups is 2. The molecule has 6 atom stereocenters. The smallest absolute Gasteiger partial charge is 0.253 e. The molecule has 4 aliphatic heterocycles. The zero-order chi connectivity index (χ0) is 30.3. The molecule has 44 heavy (non-hydrogen) atoms. The molecule has 8 heteroatoms. The van der Waals surface area contributed by atoms with E-state index in [0.29, 0.717) is 11.4 Å². The standard InChI is InChI=1S/C36H30N4O4/c1-21-11-9-17-25(19-21)37-33(41)27-29(23-13-5-3-6-14-23)40-32-28(34(42)38(36(32)44)26-18-10-12-22(2)20-26)30(24-15-7-4-8-16-24)39(40)31(27)35(37)43/h3-20,27-32H,1-2H3. The molecule has 6 unspecified atom stereocenters. The van der Waals surface area contributed by atoms with Gasteiger partial charge in [0.15, 0.2) is 0 Å². The second kappa shape index (κ2) is 9.80. The third-order valence-corrected chi connectivity index (χ3v) is 9.53. The maximum Gasteiger partial charge on any atom is 0.253 e. The van der Waals surface area contributed by atoms with Crippen LogP contribution in [-0.2, 0) is 19.2 Å². The molecule has 218 valence electrons. The van der Waals surface area contributed by atoms with Gasteiger partial charge in [-0.3, -0.25) is 19.2 Å². The van der Waals surface area contributed by atoms with Crippen molar-refractivity contribution in [2.45, 2.75) is 38.0 Å². The van der Waals surface area contributed by atoms with E-state index in [1.54, 1.807) is 12.1 Å². The summed E-state index contributed by atoms with van der Waals surface area (Å²) in [5.41, 5.74) is 4.57. The van der Waals surface area contributed by atoms with Gasteiger partial charge >= 0.3 is 0 Å². The molecule has 0 aromatic heterocycles. The molecule has 4 aromatic carbocycles. The minimum absolute atomic E-state index is 0.301. The first-order valence-electron chi connectivity index (χ1n) is 14.9. The molecule has 0 bridgehead atoms. The van der Waals surface area contributed by atoms with Crippen molar-refractivity contribution in [3.63, 3.8) is 0 Å². The van der Waals surface area contributed by atoms with Gasteiger partial charge in [0.2, 0.25) is 11.8 Å². The summed E-state index contributed by atoms with van der Waals surface area (Å²) in [6.07, 6.45) is 0. The Morgan fingerprint density at radius 3 is 1.18 bits per heavy atom. The van der Waals surface area contributed by atoms with Crippen LogP contribution in [0.15, 0.2) is 109 Å². The van der Waals surface area contributed by atoms with E-state index < -0.39 is 36.0 Å². The summed E-state index contributed by atoms with van der Waals surface area (Å²) in [6, 6.07) is 30.9. The quantitative estimate of drug-likeness (QED) is 0.323. The number of amides is 4. The molecule has 0 radical (unpaired) electrons. The summed E-state index contributed by atoms with van der Waals surface area (Å²) in [6.45, 7) is 3.85. The van der Waals surface area contributed by atoms with Gasteiger partial charge < -0.3 is 0 Å². The molecule has 0 N–H and O–H groups in total. The summed E-state index contributed by atoms with van der Waals surface area (Å²) in [4.78, 5) is 60.4. The molecule has 8 nitrogen and oxygen atoms in total. The van der Waals surface area contributed by atoms with Crippen LogP contribution in [0.2, 0.25) is 0 Å². The van der Waals surface area contributed by atoms with Gasteiger partial charge in [0, 0.05) is 0 Å². The first kappa shape index (κ1) is 26.7. The maximum atomic E-state index is 14.5. The van der Waals surface area contributed by atoms with E-state index >= 15 is 0 Å². The van der Waals surface area contributed by atoms with Gasteiger partial charge in [-0.2, -0.15) is 0 Å². The predicted molar refractivity (Wildman–Crippen MR) is 164 cm³/mol. The van der Waals surface area contributed by atoms with E-state index in [9.17, 15) is 19.2 Å². The number of hydrogen-bond acceptors (Lipinski definition) is 6. The highest BCUT2D eigenvalue weighted by Gasteiger charge is 2.73. The lowest BCUT2D eigenvalue weighted by Crippen LogP contribution is -2.50. The first-order valence-corrected chi connectivity index (χ1v) is 14.9. The average Bonchev–Trinajstić information content (AvgIpc) is 3.69. The SMILES string of the molecule is Cc1cccc(N2C(=O)C3C(C2=O)N2C(c4ccccc4)C4C(=O)N(c5cccc(C)c5)C(=O)C4N2C3c2ccccc2)c1. The van der Waals surface area contributed by atoms with Crippen molar-refractivity contribution in [1.82, 2.24) is 10.0 Å². The number of carbonyl (C=O) groups excluding carboxylic acids is 4. The number of nitrogens with zero attached hydrogens (tertiary/aromatic N) is 4. The lowest BCUT2D eigenvalue weighted by molar-refractivity contribution is -0.136. The number of carbonyl (C=O) groups is 4. The van der Waals surface area contributed by atoms with Crippen LogP contribution in [0.3, 0.4) is 0 Å². The Kier molecular flexibility index (Phi) is 5.95. The number of hydrogen-bond donors (Lipinski definition) is 0. The normalized spacial score (nSPS) is 28.1. The van der Waals surface area contributed by atoms with Crippen LogP contribution in [0.4, 0.5) is 11.4 Å². The zero-order valence-corrected chi connectivity index (χ0v) is 24.3. The third-order valence-electron chi connectivity index (χ3n) is 9.53. The van der Waals surface area contributed by atoms with Gasteiger partial charge in [-0.25, -0.2) is 19.8 Å². The second-order valence-electron chi connectivity index (χ2n) is 12.1. The average molecular weight is 583 g/mol. The monoisotopic (exact) mass is 582 g/mol.